The number of thioether (sulfide) groups is 1. The van der Waals surface area contributed by atoms with Gasteiger partial charge >= 0.3 is 5.97 Å². The first-order chi connectivity index (χ1) is 10.8. The van der Waals surface area contributed by atoms with Gasteiger partial charge in [-0.2, -0.15) is 11.8 Å². The second-order valence-corrected chi connectivity index (χ2v) is 6.59. The maximum Gasteiger partial charge on any atom is 0.339 e. The number of benzene rings is 1. The van der Waals surface area contributed by atoms with E-state index in [1.165, 1.54) is 38.5 Å². The van der Waals surface area contributed by atoms with Crippen molar-refractivity contribution in [2.24, 2.45) is 0 Å². The molecule has 3 nitrogen and oxygen atoms in total. The lowest BCUT2D eigenvalue weighted by atomic mass is 10.1. The summed E-state index contributed by atoms with van der Waals surface area (Å²) in [6.07, 6.45) is 6.64. The van der Waals surface area contributed by atoms with Crippen molar-refractivity contribution in [3.8, 4) is 0 Å². The van der Waals surface area contributed by atoms with Crippen molar-refractivity contribution in [1.29, 1.82) is 0 Å². The predicted octanol–water partition coefficient (Wildman–Crippen LogP) is 4.36. The van der Waals surface area contributed by atoms with Gasteiger partial charge in [-0.3, -0.25) is 0 Å². The molecule has 1 aromatic rings. The average Bonchev–Trinajstić information content (AvgIpc) is 2.56. The standard InChI is InChI=1S/C18H28O3S/c1-2-3-4-5-6-10-14-22-15-13-21-18(20)17(19)16-11-8-7-9-12-16/h7-9,11-12,17,19H,2-6,10,13-15H2,1H3. The average molecular weight is 324 g/mol. The highest BCUT2D eigenvalue weighted by atomic mass is 32.2. The summed E-state index contributed by atoms with van der Waals surface area (Å²) in [5.74, 6) is 1.35. The summed E-state index contributed by atoms with van der Waals surface area (Å²) < 4.78 is 5.11. The van der Waals surface area contributed by atoms with Gasteiger partial charge in [-0.05, 0) is 17.7 Å². The van der Waals surface area contributed by atoms with Crippen LogP contribution in [0.3, 0.4) is 0 Å². The summed E-state index contributed by atoms with van der Waals surface area (Å²) in [6, 6.07) is 8.88. The zero-order valence-electron chi connectivity index (χ0n) is 13.5. The van der Waals surface area contributed by atoms with Crippen LogP contribution in [0, 0.1) is 0 Å². The maximum atomic E-state index is 11.7. The second kappa shape index (κ2) is 12.5. The summed E-state index contributed by atoms with van der Waals surface area (Å²) >= 11 is 1.81. The SMILES string of the molecule is CCCCCCCCSCCOC(=O)C(O)c1ccccc1. The molecule has 0 aliphatic rings. The van der Waals surface area contributed by atoms with Crippen molar-refractivity contribution in [2.75, 3.05) is 18.1 Å². The van der Waals surface area contributed by atoms with Gasteiger partial charge < -0.3 is 9.84 Å². The van der Waals surface area contributed by atoms with Crippen LogP contribution in [0.5, 0.6) is 0 Å². The highest BCUT2D eigenvalue weighted by molar-refractivity contribution is 7.99. The fourth-order valence-corrected chi connectivity index (χ4v) is 2.95. The van der Waals surface area contributed by atoms with Gasteiger partial charge in [-0.15, -0.1) is 0 Å². The van der Waals surface area contributed by atoms with E-state index in [9.17, 15) is 9.90 Å². The molecule has 0 aliphatic carbocycles. The third-order valence-corrected chi connectivity index (χ3v) is 4.49. The molecule has 1 unspecified atom stereocenters. The second-order valence-electron chi connectivity index (χ2n) is 5.36. The molecule has 0 saturated heterocycles. The Kier molecular flexibility index (Phi) is 10.9. The largest absolute Gasteiger partial charge is 0.463 e. The quantitative estimate of drug-likeness (QED) is 0.458. The van der Waals surface area contributed by atoms with E-state index >= 15 is 0 Å². The number of aliphatic hydroxyl groups is 1. The topological polar surface area (TPSA) is 46.5 Å². The number of carbonyl (C=O) groups excluding carboxylic acids is 1. The van der Waals surface area contributed by atoms with Crippen LogP contribution in [0.1, 0.15) is 57.1 Å². The van der Waals surface area contributed by atoms with E-state index < -0.39 is 12.1 Å². The molecular formula is C18H28O3S. The molecule has 1 N–H and O–H groups in total. The first kappa shape index (κ1) is 19.0. The first-order valence-corrected chi connectivity index (χ1v) is 9.38. The van der Waals surface area contributed by atoms with E-state index in [2.05, 4.69) is 6.92 Å². The fourth-order valence-electron chi connectivity index (χ4n) is 2.14. The highest BCUT2D eigenvalue weighted by Crippen LogP contribution is 2.14. The van der Waals surface area contributed by atoms with E-state index in [-0.39, 0.29) is 0 Å². The molecule has 0 spiro atoms. The number of carbonyl (C=O) groups is 1. The summed E-state index contributed by atoms with van der Waals surface area (Å²) in [5, 5.41) is 9.85. The lowest BCUT2D eigenvalue weighted by Gasteiger charge is -2.10. The summed E-state index contributed by atoms with van der Waals surface area (Å²) in [4.78, 5) is 11.7. The van der Waals surface area contributed by atoms with Crippen LogP contribution in [0.2, 0.25) is 0 Å². The Morgan fingerprint density at radius 2 is 1.77 bits per heavy atom. The van der Waals surface area contributed by atoms with Crippen molar-refractivity contribution >= 4 is 17.7 Å². The zero-order valence-corrected chi connectivity index (χ0v) is 14.3. The van der Waals surface area contributed by atoms with Gasteiger partial charge in [-0.25, -0.2) is 4.79 Å². The maximum absolute atomic E-state index is 11.7. The van der Waals surface area contributed by atoms with Crippen LogP contribution in [-0.4, -0.2) is 29.2 Å². The normalized spacial score (nSPS) is 12.1. The van der Waals surface area contributed by atoms with Gasteiger partial charge in [0.15, 0.2) is 6.10 Å². The van der Waals surface area contributed by atoms with Gasteiger partial charge in [0.2, 0.25) is 0 Å². The van der Waals surface area contributed by atoms with E-state index in [1.54, 1.807) is 24.3 Å². The van der Waals surface area contributed by atoms with Crippen molar-refractivity contribution in [1.82, 2.24) is 0 Å². The summed E-state index contributed by atoms with van der Waals surface area (Å²) in [7, 11) is 0. The fraction of sp³-hybridized carbons (Fsp3) is 0.611. The van der Waals surface area contributed by atoms with E-state index in [4.69, 9.17) is 4.74 Å². The lowest BCUT2D eigenvalue weighted by molar-refractivity contribution is -0.153. The Morgan fingerprint density at radius 3 is 2.50 bits per heavy atom. The van der Waals surface area contributed by atoms with E-state index in [1.807, 2.05) is 17.8 Å². The number of rotatable bonds is 12. The molecule has 124 valence electrons. The third-order valence-electron chi connectivity index (χ3n) is 3.45. The van der Waals surface area contributed by atoms with Gasteiger partial charge in [0.1, 0.15) is 6.61 Å². The summed E-state index contributed by atoms with van der Waals surface area (Å²) in [6.45, 7) is 2.59. The molecule has 0 amide bonds. The van der Waals surface area contributed by atoms with Gasteiger partial charge in [0.25, 0.3) is 0 Å². The van der Waals surface area contributed by atoms with Crippen molar-refractivity contribution < 1.29 is 14.6 Å². The number of hydrogen-bond donors (Lipinski definition) is 1. The third kappa shape index (κ3) is 8.44. The Morgan fingerprint density at radius 1 is 1.09 bits per heavy atom. The van der Waals surface area contributed by atoms with Gasteiger partial charge in [0, 0.05) is 5.75 Å². The van der Waals surface area contributed by atoms with E-state index in [0.717, 1.165) is 11.5 Å². The van der Waals surface area contributed by atoms with Crippen molar-refractivity contribution in [3.05, 3.63) is 35.9 Å². The van der Waals surface area contributed by atoms with Crippen LogP contribution in [0.25, 0.3) is 0 Å². The zero-order chi connectivity index (χ0) is 16.0. The molecule has 0 radical (unpaired) electrons. The molecule has 0 aliphatic heterocycles. The minimum Gasteiger partial charge on any atom is -0.463 e. The number of esters is 1. The monoisotopic (exact) mass is 324 g/mol. The molecule has 1 atom stereocenters. The Balaban J connectivity index is 1.99. The molecule has 1 rings (SSSR count). The molecule has 0 bridgehead atoms. The number of aliphatic hydroxyl groups excluding tert-OH is 1. The van der Waals surface area contributed by atoms with Crippen molar-refractivity contribution in [2.45, 2.75) is 51.6 Å². The molecule has 1 aromatic carbocycles. The number of unbranched alkanes of at least 4 members (excludes halogenated alkanes) is 5. The smallest absolute Gasteiger partial charge is 0.339 e. The Bertz CT molecular complexity index is 395. The van der Waals surface area contributed by atoms with Gasteiger partial charge in [0.05, 0.1) is 0 Å². The van der Waals surface area contributed by atoms with Crippen LogP contribution < -0.4 is 0 Å². The molecule has 22 heavy (non-hydrogen) atoms. The molecule has 4 heteroatoms. The summed E-state index contributed by atoms with van der Waals surface area (Å²) in [5.41, 5.74) is 0.576. The van der Waals surface area contributed by atoms with Crippen LogP contribution in [0.4, 0.5) is 0 Å². The van der Waals surface area contributed by atoms with Gasteiger partial charge in [-0.1, -0.05) is 69.4 Å². The molecule has 0 aromatic heterocycles. The van der Waals surface area contributed by atoms with Crippen LogP contribution in [0.15, 0.2) is 30.3 Å². The van der Waals surface area contributed by atoms with E-state index in [0.29, 0.717) is 12.2 Å². The lowest BCUT2D eigenvalue weighted by Crippen LogP contribution is -2.16. The number of hydrogen-bond acceptors (Lipinski definition) is 4. The Labute approximate surface area is 138 Å². The Hall–Kier alpha value is -1.00. The van der Waals surface area contributed by atoms with Crippen LogP contribution in [-0.2, 0) is 9.53 Å². The predicted molar refractivity (Wildman–Crippen MR) is 93.1 cm³/mol. The minimum absolute atomic E-state index is 0.364. The van der Waals surface area contributed by atoms with Crippen molar-refractivity contribution in [3.63, 3.8) is 0 Å². The highest BCUT2D eigenvalue weighted by Gasteiger charge is 2.18. The minimum atomic E-state index is -1.18. The number of ether oxygens (including phenoxy) is 1. The first-order valence-electron chi connectivity index (χ1n) is 8.23. The molecule has 0 saturated carbocycles. The van der Waals surface area contributed by atoms with Crippen LogP contribution >= 0.6 is 11.8 Å². The molecule has 0 fully saturated rings. The molecular weight excluding hydrogens is 296 g/mol. The molecule has 0 heterocycles.